The van der Waals surface area contributed by atoms with E-state index in [1.807, 2.05) is 25.1 Å². The molecule has 0 aliphatic rings. The number of pyridine rings is 1. The molecule has 2 N–H and O–H groups in total. The monoisotopic (exact) mass is 287 g/mol. The van der Waals surface area contributed by atoms with Crippen molar-refractivity contribution in [3.63, 3.8) is 0 Å². The molecule has 0 aliphatic carbocycles. The summed E-state index contributed by atoms with van der Waals surface area (Å²) in [5, 5.41) is 1.81. The summed E-state index contributed by atoms with van der Waals surface area (Å²) in [6, 6.07) is 12.4. The van der Waals surface area contributed by atoms with Crippen LogP contribution in [0.5, 0.6) is 0 Å². The molecular weight excluding hydrogens is 274 g/mol. The van der Waals surface area contributed by atoms with Crippen LogP contribution in [0.2, 0.25) is 0 Å². The average molecular weight is 287 g/mol. The molecule has 5 heteroatoms. The van der Waals surface area contributed by atoms with Gasteiger partial charge in [0.05, 0.1) is 21.1 Å². The standard InChI is InChI=1S/C14H13N3S2/c1-9-13(19-14(15)16-9)18-8-11-7-6-10-4-2-3-5-12(10)17-11/h2-7H,8H2,1H3,(H2,15,16). The maximum Gasteiger partial charge on any atom is 0.181 e. The molecule has 0 unspecified atom stereocenters. The number of hydrogen-bond acceptors (Lipinski definition) is 5. The molecule has 2 heterocycles. The third kappa shape index (κ3) is 2.72. The van der Waals surface area contributed by atoms with Crippen LogP contribution in [-0.4, -0.2) is 9.97 Å². The normalized spacial score (nSPS) is 11.0. The van der Waals surface area contributed by atoms with Gasteiger partial charge in [0, 0.05) is 11.1 Å². The Balaban J connectivity index is 1.80. The van der Waals surface area contributed by atoms with Crippen LogP contribution in [0.4, 0.5) is 5.13 Å². The molecule has 0 bridgehead atoms. The van der Waals surface area contributed by atoms with Gasteiger partial charge in [0.15, 0.2) is 5.13 Å². The van der Waals surface area contributed by atoms with Crippen molar-refractivity contribution in [1.29, 1.82) is 0 Å². The molecule has 0 saturated heterocycles. The highest BCUT2D eigenvalue weighted by molar-refractivity contribution is 8.00. The predicted molar refractivity (Wildman–Crippen MR) is 82.6 cm³/mol. The zero-order chi connectivity index (χ0) is 13.2. The molecular formula is C14H13N3S2. The number of aryl methyl sites for hydroxylation is 1. The van der Waals surface area contributed by atoms with Crippen LogP contribution < -0.4 is 5.73 Å². The van der Waals surface area contributed by atoms with E-state index in [0.717, 1.165) is 22.7 Å². The number of fused-ring (bicyclic) bond motifs is 1. The summed E-state index contributed by atoms with van der Waals surface area (Å²) in [7, 11) is 0. The highest BCUT2D eigenvalue weighted by Crippen LogP contribution is 2.32. The zero-order valence-electron chi connectivity index (χ0n) is 10.5. The number of aromatic nitrogens is 2. The summed E-state index contributed by atoms with van der Waals surface area (Å²) in [4.78, 5) is 8.89. The van der Waals surface area contributed by atoms with Crippen LogP contribution in [0.3, 0.4) is 0 Å². The summed E-state index contributed by atoms with van der Waals surface area (Å²) >= 11 is 3.28. The highest BCUT2D eigenvalue weighted by Gasteiger charge is 2.07. The SMILES string of the molecule is Cc1nc(N)sc1SCc1ccc2ccccc2n1. The molecule has 19 heavy (non-hydrogen) atoms. The first kappa shape index (κ1) is 12.4. The Morgan fingerprint density at radius 1 is 1.16 bits per heavy atom. The van der Waals surface area contributed by atoms with Crippen molar-refractivity contribution in [3.05, 3.63) is 47.8 Å². The van der Waals surface area contributed by atoms with E-state index in [1.165, 1.54) is 20.9 Å². The van der Waals surface area contributed by atoms with Gasteiger partial charge >= 0.3 is 0 Å². The fourth-order valence-electron chi connectivity index (χ4n) is 1.86. The number of thiazole rings is 1. The maximum atomic E-state index is 5.70. The second-order valence-electron chi connectivity index (χ2n) is 4.21. The number of nitrogens with zero attached hydrogens (tertiary/aromatic N) is 2. The van der Waals surface area contributed by atoms with Crippen LogP contribution in [-0.2, 0) is 5.75 Å². The van der Waals surface area contributed by atoms with Crippen molar-refractivity contribution in [2.75, 3.05) is 5.73 Å². The van der Waals surface area contributed by atoms with Crippen LogP contribution in [0.25, 0.3) is 10.9 Å². The topological polar surface area (TPSA) is 51.8 Å². The molecule has 0 fully saturated rings. The Morgan fingerprint density at radius 3 is 2.79 bits per heavy atom. The van der Waals surface area contributed by atoms with Crippen molar-refractivity contribution in [3.8, 4) is 0 Å². The zero-order valence-corrected chi connectivity index (χ0v) is 12.1. The van der Waals surface area contributed by atoms with Gasteiger partial charge in [0.25, 0.3) is 0 Å². The van der Waals surface area contributed by atoms with Crippen LogP contribution in [0.1, 0.15) is 11.4 Å². The molecule has 3 nitrogen and oxygen atoms in total. The van der Waals surface area contributed by atoms with Gasteiger partial charge in [-0.25, -0.2) is 4.98 Å². The molecule has 0 aliphatic heterocycles. The van der Waals surface area contributed by atoms with E-state index in [4.69, 9.17) is 5.73 Å². The van der Waals surface area contributed by atoms with Gasteiger partial charge in [0.1, 0.15) is 0 Å². The minimum atomic E-state index is 0.631. The largest absolute Gasteiger partial charge is 0.375 e. The average Bonchev–Trinajstić information content (AvgIpc) is 2.74. The quantitative estimate of drug-likeness (QED) is 0.743. The lowest BCUT2D eigenvalue weighted by atomic mass is 10.2. The summed E-state index contributed by atoms with van der Waals surface area (Å²) < 4.78 is 1.17. The van der Waals surface area contributed by atoms with Crippen molar-refractivity contribution >= 4 is 39.1 Å². The van der Waals surface area contributed by atoms with Gasteiger partial charge in [-0.05, 0) is 19.1 Å². The maximum absolute atomic E-state index is 5.70. The minimum Gasteiger partial charge on any atom is -0.375 e. The number of rotatable bonds is 3. The van der Waals surface area contributed by atoms with Crippen LogP contribution in [0, 0.1) is 6.92 Å². The van der Waals surface area contributed by atoms with Crippen LogP contribution in [0.15, 0.2) is 40.6 Å². The molecule has 0 amide bonds. The number of benzene rings is 1. The predicted octanol–water partition coefficient (Wildman–Crippen LogP) is 3.87. The van der Waals surface area contributed by atoms with Crippen LogP contribution >= 0.6 is 23.1 Å². The van der Waals surface area contributed by atoms with E-state index in [-0.39, 0.29) is 0 Å². The minimum absolute atomic E-state index is 0.631. The Morgan fingerprint density at radius 2 is 2.00 bits per heavy atom. The summed E-state index contributed by atoms with van der Waals surface area (Å²) in [5.74, 6) is 0.841. The smallest absolute Gasteiger partial charge is 0.181 e. The first-order valence-electron chi connectivity index (χ1n) is 5.93. The third-order valence-electron chi connectivity index (χ3n) is 2.78. The molecule has 96 valence electrons. The van der Waals surface area contributed by atoms with Gasteiger partial charge < -0.3 is 5.73 Å². The van der Waals surface area contributed by atoms with Crippen molar-refractivity contribution < 1.29 is 0 Å². The Bertz CT molecular complexity index is 722. The van der Waals surface area contributed by atoms with E-state index in [1.54, 1.807) is 11.8 Å². The summed E-state index contributed by atoms with van der Waals surface area (Å²) in [6.45, 7) is 1.99. The molecule has 2 aromatic heterocycles. The molecule has 0 atom stereocenters. The number of anilines is 1. The van der Waals surface area contributed by atoms with Crippen molar-refractivity contribution in [2.45, 2.75) is 16.9 Å². The molecule has 0 radical (unpaired) electrons. The lowest BCUT2D eigenvalue weighted by Crippen LogP contribution is -1.87. The van der Waals surface area contributed by atoms with E-state index in [2.05, 4.69) is 28.2 Å². The van der Waals surface area contributed by atoms with E-state index in [9.17, 15) is 0 Å². The Kier molecular flexibility index (Phi) is 3.40. The first-order valence-corrected chi connectivity index (χ1v) is 7.73. The fourth-order valence-corrected chi connectivity index (χ4v) is 3.79. The molecule has 1 aromatic carbocycles. The fraction of sp³-hybridized carbons (Fsp3) is 0.143. The molecule has 0 spiro atoms. The number of thioether (sulfide) groups is 1. The van der Waals surface area contributed by atoms with Gasteiger partial charge in [-0.3, -0.25) is 4.98 Å². The summed E-state index contributed by atoms with van der Waals surface area (Å²) in [5.41, 5.74) is 8.83. The molecule has 3 rings (SSSR count). The van der Waals surface area contributed by atoms with Gasteiger partial charge in [-0.2, -0.15) is 0 Å². The first-order chi connectivity index (χ1) is 9.22. The second kappa shape index (κ2) is 5.19. The van der Waals surface area contributed by atoms with E-state index in [0.29, 0.717) is 5.13 Å². The Labute approximate surface area is 119 Å². The number of nitrogen functional groups attached to an aromatic ring is 1. The van der Waals surface area contributed by atoms with Crippen molar-refractivity contribution in [1.82, 2.24) is 9.97 Å². The lowest BCUT2D eigenvalue weighted by molar-refractivity contribution is 1.20. The summed E-state index contributed by atoms with van der Waals surface area (Å²) in [6.07, 6.45) is 0. The lowest BCUT2D eigenvalue weighted by Gasteiger charge is -2.02. The number of hydrogen-bond donors (Lipinski definition) is 1. The third-order valence-corrected chi connectivity index (χ3v) is 5.16. The number of nitrogens with two attached hydrogens (primary N) is 1. The molecule has 3 aromatic rings. The molecule has 0 saturated carbocycles. The van der Waals surface area contributed by atoms with Gasteiger partial charge in [0.2, 0.25) is 0 Å². The van der Waals surface area contributed by atoms with Gasteiger partial charge in [-0.1, -0.05) is 35.6 Å². The number of para-hydroxylation sites is 1. The van der Waals surface area contributed by atoms with Gasteiger partial charge in [-0.15, -0.1) is 11.8 Å². The van der Waals surface area contributed by atoms with E-state index < -0.39 is 0 Å². The second-order valence-corrected chi connectivity index (χ2v) is 6.48. The van der Waals surface area contributed by atoms with E-state index >= 15 is 0 Å². The Hall–Kier alpha value is -1.59. The highest BCUT2D eigenvalue weighted by atomic mass is 32.2. The van der Waals surface area contributed by atoms with Crippen molar-refractivity contribution in [2.24, 2.45) is 0 Å².